The van der Waals surface area contributed by atoms with E-state index in [1.165, 1.54) is 0 Å². The number of halogens is 6. The molecule has 1 atom stereocenters. The quantitative estimate of drug-likeness (QED) is 0.635. The van der Waals surface area contributed by atoms with Gasteiger partial charge in [-0.1, -0.05) is 0 Å². The summed E-state index contributed by atoms with van der Waals surface area (Å²) in [5.74, 6) is -1.13. The minimum Gasteiger partial charge on any atom is -0.392 e. The maximum Gasteiger partial charge on any atom is 0.416 e. The van der Waals surface area contributed by atoms with Crippen LogP contribution in [0.15, 0.2) is 18.2 Å². The minimum atomic E-state index is -5.02. The van der Waals surface area contributed by atoms with Crippen molar-refractivity contribution in [3.8, 4) is 0 Å². The van der Waals surface area contributed by atoms with E-state index in [1.807, 2.05) is 4.90 Å². The third-order valence-corrected chi connectivity index (χ3v) is 5.97. The summed E-state index contributed by atoms with van der Waals surface area (Å²) in [6.07, 6.45) is -8.75. The molecule has 12 heteroatoms. The maximum absolute atomic E-state index is 13.0. The first kappa shape index (κ1) is 25.3. The van der Waals surface area contributed by atoms with Crippen LogP contribution in [0.2, 0.25) is 0 Å². The van der Waals surface area contributed by atoms with Gasteiger partial charge in [0.1, 0.15) is 0 Å². The van der Waals surface area contributed by atoms with E-state index in [2.05, 4.69) is 5.32 Å². The molecule has 2 fully saturated rings. The van der Waals surface area contributed by atoms with Gasteiger partial charge in [-0.25, -0.2) is 0 Å². The highest BCUT2D eigenvalue weighted by Gasteiger charge is 2.37. The molecule has 0 bridgehead atoms. The lowest BCUT2D eigenvalue weighted by molar-refractivity contribution is -0.143. The van der Waals surface area contributed by atoms with E-state index in [-0.39, 0.29) is 31.0 Å². The molecule has 0 unspecified atom stereocenters. The summed E-state index contributed by atoms with van der Waals surface area (Å²) in [7, 11) is 0. The van der Waals surface area contributed by atoms with Crippen LogP contribution in [0.25, 0.3) is 0 Å². The summed E-state index contributed by atoms with van der Waals surface area (Å²) in [5.41, 5.74) is -3.79. The van der Waals surface area contributed by atoms with Gasteiger partial charge in [-0.3, -0.25) is 14.5 Å². The van der Waals surface area contributed by atoms with Crippen molar-refractivity contribution >= 4 is 11.8 Å². The van der Waals surface area contributed by atoms with Gasteiger partial charge in [0.25, 0.3) is 5.91 Å². The second-order valence-corrected chi connectivity index (χ2v) is 8.51. The minimum absolute atomic E-state index is 0.0215. The Morgan fingerprint density at radius 1 is 0.939 bits per heavy atom. The van der Waals surface area contributed by atoms with Crippen LogP contribution in [0.3, 0.4) is 0 Å². The number of piperidine rings is 1. The summed E-state index contributed by atoms with van der Waals surface area (Å²) in [6, 6.07) is 0.786. The molecule has 184 valence electrons. The van der Waals surface area contributed by atoms with Crippen LogP contribution < -0.4 is 5.32 Å². The molecule has 0 saturated carbocycles. The first-order valence-corrected chi connectivity index (χ1v) is 10.6. The molecule has 1 aromatic carbocycles. The Morgan fingerprint density at radius 3 is 2.00 bits per heavy atom. The number of hydrogen-bond acceptors (Lipinski definition) is 4. The molecule has 2 heterocycles. The fourth-order valence-electron chi connectivity index (χ4n) is 4.06. The van der Waals surface area contributed by atoms with Crippen molar-refractivity contribution in [1.29, 1.82) is 0 Å². The van der Waals surface area contributed by atoms with Crippen LogP contribution in [-0.4, -0.2) is 72.1 Å². The van der Waals surface area contributed by atoms with Gasteiger partial charge < -0.3 is 15.3 Å². The summed E-state index contributed by atoms with van der Waals surface area (Å²) in [6.45, 7) is 2.29. The zero-order valence-corrected chi connectivity index (χ0v) is 17.7. The van der Waals surface area contributed by atoms with Gasteiger partial charge >= 0.3 is 12.4 Å². The predicted octanol–water partition coefficient (Wildman–Crippen LogP) is 2.76. The third kappa shape index (κ3) is 6.83. The number of nitrogens with zero attached hydrogens (tertiary/aromatic N) is 2. The third-order valence-electron chi connectivity index (χ3n) is 5.97. The number of likely N-dealkylation sites (tertiary alicyclic amines) is 2. The average Bonchev–Trinajstić information content (AvgIpc) is 3.15. The van der Waals surface area contributed by atoms with E-state index < -0.39 is 41.1 Å². The van der Waals surface area contributed by atoms with E-state index in [0.29, 0.717) is 57.6 Å². The summed E-state index contributed by atoms with van der Waals surface area (Å²) >= 11 is 0. The number of amides is 2. The lowest BCUT2D eigenvalue weighted by Gasteiger charge is -2.33. The van der Waals surface area contributed by atoms with Crippen LogP contribution in [0.5, 0.6) is 0 Å². The highest BCUT2D eigenvalue weighted by molar-refractivity contribution is 5.94. The lowest BCUT2D eigenvalue weighted by Crippen LogP contribution is -2.45. The smallest absolute Gasteiger partial charge is 0.392 e. The first-order chi connectivity index (χ1) is 15.3. The standard InChI is InChI=1S/C21H25F6N3O3/c22-20(23,24)15-7-14(8-16(9-15)21(25,26)27)19(33)28-10-13-1-5-30(6-2-13)18(32)12-29-4-3-17(31)11-29/h7-9,13,17,31H,1-6,10-12H2,(H,28,33)/t17-/m1/s1. The molecule has 2 aliphatic rings. The molecule has 2 amide bonds. The first-order valence-electron chi connectivity index (χ1n) is 10.6. The Labute approximate surface area is 186 Å². The molecule has 2 aliphatic heterocycles. The second kappa shape index (κ2) is 9.88. The number of benzene rings is 1. The molecule has 2 N–H and O–H groups in total. The molecule has 0 radical (unpaired) electrons. The van der Waals surface area contributed by atoms with Gasteiger partial charge in [-0.05, 0) is 43.4 Å². The van der Waals surface area contributed by atoms with E-state index >= 15 is 0 Å². The van der Waals surface area contributed by atoms with Crippen molar-refractivity contribution in [3.05, 3.63) is 34.9 Å². The van der Waals surface area contributed by atoms with Gasteiger partial charge in [-0.2, -0.15) is 26.3 Å². The molecule has 0 aliphatic carbocycles. The van der Waals surface area contributed by atoms with Crippen LogP contribution >= 0.6 is 0 Å². The number of aliphatic hydroxyl groups is 1. The van der Waals surface area contributed by atoms with Crippen LogP contribution in [0.1, 0.15) is 40.7 Å². The normalized spacial score (nSPS) is 20.8. The topological polar surface area (TPSA) is 72.9 Å². The molecule has 2 saturated heterocycles. The number of β-amino-alcohol motifs (C(OH)–C–C–N with tert-alkyl or cyclic N) is 1. The molecule has 1 aromatic rings. The Balaban J connectivity index is 1.53. The van der Waals surface area contributed by atoms with Crippen molar-refractivity contribution in [2.24, 2.45) is 5.92 Å². The molecule has 33 heavy (non-hydrogen) atoms. The van der Waals surface area contributed by atoms with E-state index in [0.717, 1.165) is 0 Å². The Bertz CT molecular complexity index is 834. The van der Waals surface area contributed by atoms with Crippen molar-refractivity contribution < 1.29 is 41.0 Å². The van der Waals surface area contributed by atoms with E-state index in [1.54, 1.807) is 4.90 Å². The summed E-state index contributed by atoms with van der Waals surface area (Å²) < 4.78 is 77.9. The Hall–Kier alpha value is -2.34. The molecule has 0 spiro atoms. The van der Waals surface area contributed by atoms with Gasteiger partial charge in [0.2, 0.25) is 5.91 Å². The predicted molar refractivity (Wildman–Crippen MR) is 105 cm³/mol. The highest BCUT2D eigenvalue weighted by Crippen LogP contribution is 2.36. The number of rotatable bonds is 5. The van der Waals surface area contributed by atoms with Crippen LogP contribution in [-0.2, 0) is 17.1 Å². The lowest BCUT2D eigenvalue weighted by atomic mass is 9.96. The number of nitrogens with one attached hydrogen (secondary N) is 1. The van der Waals surface area contributed by atoms with Crippen molar-refractivity contribution in [2.75, 3.05) is 39.3 Å². The average molecular weight is 481 g/mol. The second-order valence-electron chi connectivity index (χ2n) is 8.51. The van der Waals surface area contributed by atoms with Crippen molar-refractivity contribution in [1.82, 2.24) is 15.1 Å². The molecular formula is C21H25F6N3O3. The summed E-state index contributed by atoms with van der Waals surface area (Å²) in [5, 5.41) is 12.0. The number of carbonyl (C=O) groups excluding carboxylic acids is 2. The zero-order chi connectivity index (χ0) is 24.4. The van der Waals surface area contributed by atoms with Gasteiger partial charge in [0.05, 0.1) is 23.8 Å². The SMILES string of the molecule is O=C(NCC1CCN(C(=O)CN2CC[C@@H](O)C2)CC1)c1cc(C(F)(F)F)cc(C(F)(F)F)c1. The van der Waals surface area contributed by atoms with Gasteiger partial charge in [0.15, 0.2) is 0 Å². The van der Waals surface area contributed by atoms with Crippen molar-refractivity contribution in [3.63, 3.8) is 0 Å². The van der Waals surface area contributed by atoms with Gasteiger partial charge in [0, 0.05) is 38.3 Å². The van der Waals surface area contributed by atoms with Crippen LogP contribution in [0, 0.1) is 5.92 Å². The number of hydrogen-bond donors (Lipinski definition) is 2. The zero-order valence-electron chi connectivity index (χ0n) is 17.7. The molecule has 0 aromatic heterocycles. The van der Waals surface area contributed by atoms with E-state index in [9.17, 15) is 41.0 Å². The van der Waals surface area contributed by atoms with Crippen LogP contribution in [0.4, 0.5) is 26.3 Å². The Kier molecular flexibility index (Phi) is 7.57. The fraction of sp³-hybridized carbons (Fsp3) is 0.619. The molecule has 3 rings (SSSR count). The molecule has 6 nitrogen and oxygen atoms in total. The van der Waals surface area contributed by atoms with E-state index in [4.69, 9.17) is 0 Å². The highest BCUT2D eigenvalue weighted by atomic mass is 19.4. The Morgan fingerprint density at radius 2 is 1.52 bits per heavy atom. The monoisotopic (exact) mass is 481 g/mol. The fourth-order valence-corrected chi connectivity index (χ4v) is 4.06. The number of aliphatic hydroxyl groups excluding tert-OH is 1. The van der Waals surface area contributed by atoms with Gasteiger partial charge in [-0.15, -0.1) is 0 Å². The number of alkyl halides is 6. The summed E-state index contributed by atoms with van der Waals surface area (Å²) in [4.78, 5) is 28.3. The van der Waals surface area contributed by atoms with Crippen molar-refractivity contribution in [2.45, 2.75) is 37.7 Å². The number of carbonyl (C=O) groups is 2. The maximum atomic E-state index is 13.0. The largest absolute Gasteiger partial charge is 0.416 e. The molecular weight excluding hydrogens is 456 g/mol.